The van der Waals surface area contributed by atoms with E-state index in [-0.39, 0.29) is 0 Å². The Kier molecular flexibility index (Phi) is 10.1. The number of unbranched alkanes of at least 4 members (excludes halogenated alkanes) is 4. The average Bonchev–Trinajstić information content (AvgIpc) is 2.15. The van der Waals surface area contributed by atoms with Gasteiger partial charge in [-0.15, -0.1) is 0 Å². The van der Waals surface area contributed by atoms with Gasteiger partial charge in [0.1, 0.15) is 0 Å². The van der Waals surface area contributed by atoms with Crippen molar-refractivity contribution in [1.29, 1.82) is 0 Å². The topological polar surface area (TPSA) is 17.1 Å². The highest BCUT2D eigenvalue weighted by molar-refractivity contribution is 6.66. The molecule has 0 saturated carbocycles. The van der Waals surface area contributed by atoms with Gasteiger partial charge in [-0.1, -0.05) is 38.0 Å². The van der Waals surface area contributed by atoms with Crippen molar-refractivity contribution in [3.8, 4) is 0 Å². The molecule has 0 rings (SSSR count). The molecule has 0 spiro atoms. The molecule has 0 aliphatic carbocycles. The van der Waals surface area contributed by atoms with E-state index in [4.69, 9.17) is 11.6 Å². The van der Waals surface area contributed by atoms with Gasteiger partial charge in [0.05, 0.1) is 0 Å². The SMILES string of the molecule is CCCCCC=CCCC=CC(=O)Cl. The minimum Gasteiger partial charge on any atom is -0.276 e. The smallest absolute Gasteiger partial charge is 0.244 e. The maximum absolute atomic E-state index is 10.3. The Morgan fingerprint density at radius 3 is 2.36 bits per heavy atom. The largest absolute Gasteiger partial charge is 0.276 e. The number of rotatable bonds is 8. The number of halogens is 1. The van der Waals surface area contributed by atoms with Crippen LogP contribution in [0.15, 0.2) is 24.3 Å². The molecule has 80 valence electrons. The van der Waals surface area contributed by atoms with E-state index in [0.29, 0.717) is 0 Å². The monoisotopic (exact) mass is 214 g/mol. The second-order valence-corrected chi connectivity index (χ2v) is 3.62. The zero-order chi connectivity index (χ0) is 10.6. The van der Waals surface area contributed by atoms with Crippen LogP contribution in [0.3, 0.4) is 0 Å². The van der Waals surface area contributed by atoms with Crippen LogP contribution in [0.2, 0.25) is 0 Å². The standard InChI is InChI=1S/C12H19ClO/c1-2-3-4-5-6-7-8-9-10-11-12(13)14/h6-7,10-11H,2-5,8-9H2,1H3. The van der Waals surface area contributed by atoms with E-state index in [1.165, 1.54) is 31.8 Å². The number of carbonyl (C=O) groups excluding carboxylic acids is 1. The summed E-state index contributed by atoms with van der Waals surface area (Å²) in [4.78, 5) is 10.3. The van der Waals surface area contributed by atoms with Crippen LogP contribution in [0.25, 0.3) is 0 Å². The van der Waals surface area contributed by atoms with Crippen LogP contribution < -0.4 is 0 Å². The number of hydrogen-bond acceptors (Lipinski definition) is 1. The zero-order valence-electron chi connectivity index (χ0n) is 8.84. The van der Waals surface area contributed by atoms with Crippen LogP contribution in [0.1, 0.15) is 45.4 Å². The lowest BCUT2D eigenvalue weighted by molar-refractivity contribution is -0.107. The highest BCUT2D eigenvalue weighted by Crippen LogP contribution is 2.01. The van der Waals surface area contributed by atoms with E-state index >= 15 is 0 Å². The Morgan fingerprint density at radius 2 is 1.71 bits per heavy atom. The third kappa shape index (κ3) is 11.4. The summed E-state index contributed by atoms with van der Waals surface area (Å²) in [6.07, 6.45) is 14.5. The number of allylic oxidation sites excluding steroid dienone is 4. The quantitative estimate of drug-likeness (QED) is 0.256. The third-order valence-corrected chi connectivity index (χ3v) is 2.02. The fourth-order valence-corrected chi connectivity index (χ4v) is 1.21. The van der Waals surface area contributed by atoms with Crippen molar-refractivity contribution < 1.29 is 4.79 Å². The average molecular weight is 215 g/mol. The molecule has 0 fully saturated rings. The molecule has 0 amide bonds. The highest BCUT2D eigenvalue weighted by Gasteiger charge is 1.84. The first-order valence-electron chi connectivity index (χ1n) is 5.28. The van der Waals surface area contributed by atoms with E-state index in [1.54, 1.807) is 0 Å². The minimum atomic E-state index is -0.392. The van der Waals surface area contributed by atoms with Crippen LogP contribution in [0, 0.1) is 0 Å². The molecule has 0 saturated heterocycles. The van der Waals surface area contributed by atoms with Crippen molar-refractivity contribution in [2.45, 2.75) is 45.4 Å². The molecular weight excluding hydrogens is 196 g/mol. The zero-order valence-corrected chi connectivity index (χ0v) is 9.59. The Morgan fingerprint density at radius 1 is 1.07 bits per heavy atom. The van der Waals surface area contributed by atoms with Gasteiger partial charge in [-0.3, -0.25) is 4.79 Å². The van der Waals surface area contributed by atoms with E-state index in [0.717, 1.165) is 12.8 Å². The second kappa shape index (κ2) is 10.5. The molecule has 2 heteroatoms. The lowest BCUT2D eigenvalue weighted by atomic mass is 10.2. The van der Waals surface area contributed by atoms with Crippen molar-refractivity contribution in [1.82, 2.24) is 0 Å². The molecule has 0 N–H and O–H groups in total. The molecule has 0 atom stereocenters. The third-order valence-electron chi connectivity index (χ3n) is 1.89. The highest BCUT2D eigenvalue weighted by atomic mass is 35.5. The second-order valence-electron chi connectivity index (χ2n) is 3.25. The van der Waals surface area contributed by atoms with Crippen LogP contribution in [0.5, 0.6) is 0 Å². The molecule has 0 heterocycles. The van der Waals surface area contributed by atoms with Gasteiger partial charge in [-0.25, -0.2) is 0 Å². The van der Waals surface area contributed by atoms with Gasteiger partial charge in [0, 0.05) is 0 Å². The summed E-state index contributed by atoms with van der Waals surface area (Å²) >= 11 is 5.13. The van der Waals surface area contributed by atoms with Crippen LogP contribution in [0.4, 0.5) is 0 Å². The van der Waals surface area contributed by atoms with Crippen molar-refractivity contribution in [3.63, 3.8) is 0 Å². The van der Waals surface area contributed by atoms with Gasteiger partial charge in [0.2, 0.25) is 5.24 Å². The van der Waals surface area contributed by atoms with Gasteiger partial charge in [0.25, 0.3) is 0 Å². The Hall–Kier alpha value is -0.560. The molecule has 0 unspecified atom stereocenters. The fourth-order valence-electron chi connectivity index (χ4n) is 1.12. The van der Waals surface area contributed by atoms with E-state index in [1.807, 2.05) is 6.08 Å². The molecule has 0 aromatic carbocycles. The summed E-state index contributed by atoms with van der Waals surface area (Å²) in [6.45, 7) is 2.21. The molecule has 0 radical (unpaired) electrons. The molecule has 0 aliphatic heterocycles. The lowest BCUT2D eigenvalue weighted by Gasteiger charge is -1.91. The maximum Gasteiger partial charge on any atom is 0.244 e. The first-order valence-corrected chi connectivity index (χ1v) is 5.66. The normalized spacial score (nSPS) is 11.6. The summed E-state index contributed by atoms with van der Waals surface area (Å²) in [5, 5.41) is -0.392. The van der Waals surface area contributed by atoms with Gasteiger partial charge < -0.3 is 0 Å². The molecule has 14 heavy (non-hydrogen) atoms. The van der Waals surface area contributed by atoms with Gasteiger partial charge in [-0.2, -0.15) is 0 Å². The summed E-state index contributed by atoms with van der Waals surface area (Å²) < 4.78 is 0. The molecular formula is C12H19ClO. The van der Waals surface area contributed by atoms with Crippen molar-refractivity contribution in [2.24, 2.45) is 0 Å². The summed E-state index contributed by atoms with van der Waals surface area (Å²) in [5.74, 6) is 0. The van der Waals surface area contributed by atoms with E-state index in [9.17, 15) is 4.79 Å². The van der Waals surface area contributed by atoms with E-state index in [2.05, 4.69) is 19.1 Å². The van der Waals surface area contributed by atoms with Crippen LogP contribution in [-0.2, 0) is 4.79 Å². The van der Waals surface area contributed by atoms with Crippen molar-refractivity contribution in [3.05, 3.63) is 24.3 Å². The first-order chi connectivity index (χ1) is 6.77. The Balaban J connectivity index is 3.22. The molecule has 0 aromatic rings. The molecule has 0 aliphatic rings. The molecule has 1 nitrogen and oxygen atoms in total. The predicted octanol–water partition coefficient (Wildman–Crippen LogP) is 4.22. The van der Waals surface area contributed by atoms with Crippen molar-refractivity contribution in [2.75, 3.05) is 0 Å². The summed E-state index contributed by atoms with van der Waals surface area (Å²) in [7, 11) is 0. The maximum atomic E-state index is 10.3. The van der Waals surface area contributed by atoms with Gasteiger partial charge in [0.15, 0.2) is 0 Å². The molecule has 0 bridgehead atoms. The van der Waals surface area contributed by atoms with Crippen molar-refractivity contribution >= 4 is 16.8 Å². The Bertz CT molecular complexity index is 194. The van der Waals surface area contributed by atoms with Gasteiger partial charge in [-0.05, 0) is 43.4 Å². The Labute approximate surface area is 91.8 Å². The number of hydrogen-bond donors (Lipinski definition) is 0. The van der Waals surface area contributed by atoms with Gasteiger partial charge >= 0.3 is 0 Å². The molecule has 0 aromatic heterocycles. The predicted molar refractivity (Wildman–Crippen MR) is 62.5 cm³/mol. The summed E-state index contributed by atoms with van der Waals surface area (Å²) in [6, 6.07) is 0. The van der Waals surface area contributed by atoms with Crippen LogP contribution in [-0.4, -0.2) is 5.24 Å². The first kappa shape index (κ1) is 13.4. The van der Waals surface area contributed by atoms with Crippen LogP contribution >= 0.6 is 11.6 Å². The minimum absolute atomic E-state index is 0.392. The van der Waals surface area contributed by atoms with E-state index < -0.39 is 5.24 Å². The number of carbonyl (C=O) groups is 1. The fraction of sp³-hybridized carbons (Fsp3) is 0.583. The lowest BCUT2D eigenvalue weighted by Crippen LogP contribution is -1.75. The summed E-state index contributed by atoms with van der Waals surface area (Å²) in [5.41, 5.74) is 0.